The molecule has 3 aliphatic rings. The molecule has 0 bridgehead atoms. The number of piperidine rings is 1. The molecule has 1 amide bonds. The number of hydrogen-bond acceptors (Lipinski definition) is 7. The Balaban J connectivity index is 1.37. The fourth-order valence-corrected chi connectivity index (χ4v) is 5.19. The standard InChI is InChI=1S/C19H22N4O3S/c1-10-18(27-11(2)20-10)19(24)23-6-5-14-13(8-23)17(22-21-14)12-3-4-15-16(7-12)26-9-25-15/h3-4,7,13-14,17,21-22H,5-6,8-9H2,1-2H3. The molecule has 0 aliphatic carbocycles. The number of aryl methyl sites for hydroxylation is 2. The smallest absolute Gasteiger partial charge is 0.265 e. The molecule has 2 N–H and O–H groups in total. The SMILES string of the molecule is Cc1nc(C)c(C(=O)N2CCC3NNC(c4ccc5c(c4)OCO5)C3C2)s1. The first-order chi connectivity index (χ1) is 13.1. The summed E-state index contributed by atoms with van der Waals surface area (Å²) in [6, 6.07) is 6.56. The highest BCUT2D eigenvalue weighted by molar-refractivity contribution is 7.13. The van der Waals surface area contributed by atoms with Crippen LogP contribution in [0.1, 0.15) is 38.4 Å². The molecule has 2 saturated heterocycles. The molecule has 0 saturated carbocycles. The van der Waals surface area contributed by atoms with E-state index in [-0.39, 0.29) is 18.7 Å². The van der Waals surface area contributed by atoms with Gasteiger partial charge < -0.3 is 14.4 Å². The zero-order valence-corrected chi connectivity index (χ0v) is 16.1. The van der Waals surface area contributed by atoms with Crippen LogP contribution < -0.4 is 20.3 Å². The third-order valence-corrected chi connectivity index (χ3v) is 6.71. The molecular weight excluding hydrogens is 364 g/mol. The van der Waals surface area contributed by atoms with Crippen molar-refractivity contribution >= 4 is 17.2 Å². The summed E-state index contributed by atoms with van der Waals surface area (Å²) in [5.74, 6) is 1.99. The Kier molecular flexibility index (Phi) is 4.07. The van der Waals surface area contributed by atoms with Crippen LogP contribution in [0.15, 0.2) is 18.2 Å². The van der Waals surface area contributed by atoms with Crippen molar-refractivity contribution in [3.63, 3.8) is 0 Å². The molecular formula is C19H22N4O3S. The van der Waals surface area contributed by atoms with E-state index in [1.54, 1.807) is 0 Å². The van der Waals surface area contributed by atoms with E-state index in [1.165, 1.54) is 11.3 Å². The summed E-state index contributed by atoms with van der Waals surface area (Å²) < 4.78 is 10.9. The molecule has 0 spiro atoms. The number of hydrazine groups is 1. The average molecular weight is 386 g/mol. The van der Waals surface area contributed by atoms with Crippen molar-refractivity contribution in [1.29, 1.82) is 0 Å². The minimum absolute atomic E-state index is 0.105. The Morgan fingerprint density at radius 1 is 1.26 bits per heavy atom. The number of carbonyl (C=O) groups is 1. The van der Waals surface area contributed by atoms with Crippen LogP contribution in [-0.4, -0.2) is 41.7 Å². The molecule has 27 heavy (non-hydrogen) atoms. The topological polar surface area (TPSA) is 75.7 Å². The molecule has 7 nitrogen and oxygen atoms in total. The van der Waals surface area contributed by atoms with Crippen LogP contribution in [0.5, 0.6) is 11.5 Å². The van der Waals surface area contributed by atoms with Gasteiger partial charge in [0.05, 0.1) is 16.7 Å². The molecule has 1 aromatic heterocycles. The lowest BCUT2D eigenvalue weighted by Gasteiger charge is -2.36. The lowest BCUT2D eigenvalue weighted by Crippen LogP contribution is -2.47. The molecule has 2 fully saturated rings. The van der Waals surface area contributed by atoms with Gasteiger partial charge in [0.25, 0.3) is 5.91 Å². The van der Waals surface area contributed by atoms with E-state index in [1.807, 2.05) is 30.9 Å². The molecule has 4 heterocycles. The molecule has 3 atom stereocenters. The van der Waals surface area contributed by atoms with Crippen molar-refractivity contribution in [1.82, 2.24) is 20.7 Å². The number of nitrogens with one attached hydrogen (secondary N) is 2. The fraction of sp³-hybridized carbons (Fsp3) is 0.474. The van der Waals surface area contributed by atoms with Crippen molar-refractivity contribution in [2.24, 2.45) is 5.92 Å². The van der Waals surface area contributed by atoms with Gasteiger partial charge in [-0.15, -0.1) is 11.3 Å². The Morgan fingerprint density at radius 3 is 2.93 bits per heavy atom. The second-order valence-electron chi connectivity index (χ2n) is 7.34. The van der Waals surface area contributed by atoms with Crippen LogP contribution in [0.3, 0.4) is 0 Å². The summed E-state index contributed by atoms with van der Waals surface area (Å²) in [6.07, 6.45) is 0.932. The third-order valence-electron chi connectivity index (χ3n) is 5.65. The Labute approximate surface area is 161 Å². The number of thiazole rings is 1. The predicted octanol–water partition coefficient (Wildman–Crippen LogP) is 2.17. The highest BCUT2D eigenvalue weighted by atomic mass is 32.1. The van der Waals surface area contributed by atoms with Crippen LogP contribution >= 0.6 is 11.3 Å². The number of hydrogen-bond donors (Lipinski definition) is 2. The third kappa shape index (κ3) is 2.88. The van der Waals surface area contributed by atoms with E-state index in [0.29, 0.717) is 12.0 Å². The molecule has 5 rings (SSSR count). The number of amides is 1. The summed E-state index contributed by atoms with van der Waals surface area (Å²) in [7, 11) is 0. The van der Waals surface area contributed by atoms with Gasteiger partial charge >= 0.3 is 0 Å². The van der Waals surface area contributed by atoms with Crippen LogP contribution in [0.25, 0.3) is 0 Å². The van der Waals surface area contributed by atoms with Crippen molar-refractivity contribution in [3.8, 4) is 11.5 Å². The van der Waals surface area contributed by atoms with Gasteiger partial charge in [-0.2, -0.15) is 0 Å². The number of rotatable bonds is 2. The van der Waals surface area contributed by atoms with Gasteiger partial charge in [-0.05, 0) is 38.0 Å². The minimum atomic E-state index is 0.105. The van der Waals surface area contributed by atoms with Crippen molar-refractivity contribution in [2.75, 3.05) is 19.9 Å². The van der Waals surface area contributed by atoms with Gasteiger partial charge in [0.2, 0.25) is 6.79 Å². The lowest BCUT2D eigenvalue weighted by molar-refractivity contribution is 0.0656. The second-order valence-corrected chi connectivity index (χ2v) is 8.54. The number of ether oxygens (including phenoxy) is 2. The average Bonchev–Trinajstić information content (AvgIpc) is 3.37. The maximum atomic E-state index is 13.0. The maximum absolute atomic E-state index is 13.0. The Bertz CT molecular complexity index is 899. The van der Waals surface area contributed by atoms with Gasteiger partial charge in [0.15, 0.2) is 11.5 Å². The Hall–Kier alpha value is -2.16. The first-order valence-electron chi connectivity index (χ1n) is 9.24. The van der Waals surface area contributed by atoms with E-state index in [0.717, 1.165) is 52.2 Å². The van der Waals surface area contributed by atoms with Crippen LogP contribution in [0.2, 0.25) is 0 Å². The molecule has 1 aromatic carbocycles. The summed E-state index contributed by atoms with van der Waals surface area (Å²) >= 11 is 1.49. The molecule has 0 radical (unpaired) electrons. The first kappa shape index (κ1) is 17.0. The second kappa shape index (κ2) is 6.47. The Morgan fingerprint density at radius 2 is 2.11 bits per heavy atom. The zero-order chi connectivity index (χ0) is 18.5. The van der Waals surface area contributed by atoms with Gasteiger partial charge in [-0.1, -0.05) is 6.07 Å². The zero-order valence-electron chi connectivity index (χ0n) is 15.3. The number of benzene rings is 1. The van der Waals surface area contributed by atoms with E-state index in [2.05, 4.69) is 21.9 Å². The number of aromatic nitrogens is 1. The van der Waals surface area contributed by atoms with Gasteiger partial charge in [-0.25, -0.2) is 10.4 Å². The molecule has 8 heteroatoms. The fourth-order valence-electron chi connectivity index (χ4n) is 4.30. The van der Waals surface area contributed by atoms with E-state index in [4.69, 9.17) is 9.47 Å². The normalized spacial score (nSPS) is 26.3. The minimum Gasteiger partial charge on any atom is -0.454 e. The maximum Gasteiger partial charge on any atom is 0.265 e. The highest BCUT2D eigenvalue weighted by Gasteiger charge is 2.42. The number of likely N-dealkylation sites (tertiary alicyclic amines) is 1. The first-order valence-corrected chi connectivity index (χ1v) is 10.1. The van der Waals surface area contributed by atoms with Crippen molar-refractivity contribution in [3.05, 3.63) is 39.3 Å². The van der Waals surface area contributed by atoms with Gasteiger partial charge in [0, 0.05) is 25.0 Å². The number of nitrogens with zero attached hydrogens (tertiary/aromatic N) is 2. The molecule has 3 aliphatic heterocycles. The van der Waals surface area contributed by atoms with E-state index in [9.17, 15) is 4.79 Å². The molecule has 3 unspecified atom stereocenters. The molecule has 142 valence electrons. The summed E-state index contributed by atoms with van der Waals surface area (Å²) in [6.45, 7) is 5.62. The van der Waals surface area contributed by atoms with E-state index < -0.39 is 0 Å². The summed E-state index contributed by atoms with van der Waals surface area (Å²) in [4.78, 5) is 20.2. The van der Waals surface area contributed by atoms with Crippen LogP contribution in [-0.2, 0) is 0 Å². The summed E-state index contributed by atoms with van der Waals surface area (Å²) in [5, 5.41) is 0.938. The largest absolute Gasteiger partial charge is 0.454 e. The quantitative estimate of drug-likeness (QED) is 0.824. The predicted molar refractivity (Wildman–Crippen MR) is 101 cm³/mol. The monoisotopic (exact) mass is 386 g/mol. The summed E-state index contributed by atoms with van der Waals surface area (Å²) in [5.41, 5.74) is 8.83. The van der Waals surface area contributed by atoms with Crippen molar-refractivity contribution < 1.29 is 14.3 Å². The highest BCUT2D eigenvalue weighted by Crippen LogP contribution is 2.39. The number of fused-ring (bicyclic) bond motifs is 2. The van der Waals surface area contributed by atoms with Gasteiger partial charge in [0.1, 0.15) is 4.88 Å². The van der Waals surface area contributed by atoms with Crippen molar-refractivity contribution in [2.45, 2.75) is 32.4 Å². The lowest BCUT2D eigenvalue weighted by atomic mass is 9.85. The van der Waals surface area contributed by atoms with Crippen LogP contribution in [0, 0.1) is 19.8 Å². The number of carbonyl (C=O) groups excluding carboxylic acids is 1. The van der Waals surface area contributed by atoms with Crippen LogP contribution in [0.4, 0.5) is 0 Å². The molecule has 2 aromatic rings. The van der Waals surface area contributed by atoms with E-state index >= 15 is 0 Å². The van der Waals surface area contributed by atoms with Gasteiger partial charge in [-0.3, -0.25) is 10.2 Å².